The van der Waals surface area contributed by atoms with Crippen molar-refractivity contribution in [3.8, 4) is 0 Å². The fraction of sp³-hybridized carbons (Fsp3) is 0.849. The van der Waals surface area contributed by atoms with Gasteiger partial charge < -0.3 is 14.2 Å². The number of allylic oxidation sites excluding steroid dienone is 6. The predicted octanol–water partition coefficient (Wildman–Crippen LogP) is 17.0. The Kier molecular flexibility index (Phi) is 47.9. The summed E-state index contributed by atoms with van der Waals surface area (Å²) in [5, 5.41) is 0. The highest BCUT2D eigenvalue weighted by molar-refractivity contribution is 5.70. The van der Waals surface area contributed by atoms with E-state index < -0.39 is 6.10 Å². The van der Waals surface area contributed by atoms with Crippen LogP contribution in [0.5, 0.6) is 0 Å². The van der Waals surface area contributed by atoms with Crippen molar-refractivity contribution < 1.29 is 23.8 Å². The van der Waals surface area contributed by atoms with Crippen molar-refractivity contribution in [3.63, 3.8) is 0 Å². The number of rotatable bonds is 47. The number of hydrogen-bond donors (Lipinski definition) is 0. The number of unbranched alkanes of at least 4 members (excludes halogenated alkanes) is 30. The van der Waals surface area contributed by atoms with Gasteiger partial charge in [-0.3, -0.25) is 9.59 Å². The Hall–Kier alpha value is -1.88. The number of carbonyl (C=O) groups excluding carboxylic acids is 2. The molecule has 0 unspecified atom stereocenters. The van der Waals surface area contributed by atoms with Gasteiger partial charge in [0.25, 0.3) is 0 Å². The van der Waals surface area contributed by atoms with Crippen molar-refractivity contribution >= 4 is 11.9 Å². The third-order valence-electron chi connectivity index (χ3n) is 11.1. The second kappa shape index (κ2) is 49.5. The lowest BCUT2D eigenvalue weighted by Crippen LogP contribution is -2.30. The van der Waals surface area contributed by atoms with Gasteiger partial charge in [0.2, 0.25) is 0 Å². The largest absolute Gasteiger partial charge is 0.462 e. The van der Waals surface area contributed by atoms with Gasteiger partial charge in [0.05, 0.1) is 6.61 Å². The molecule has 0 rings (SSSR count). The third-order valence-corrected chi connectivity index (χ3v) is 11.1. The van der Waals surface area contributed by atoms with E-state index in [-0.39, 0.29) is 25.2 Å². The fourth-order valence-corrected chi connectivity index (χ4v) is 7.29. The van der Waals surface area contributed by atoms with Crippen LogP contribution in [0, 0.1) is 0 Å². The number of hydrogen-bond acceptors (Lipinski definition) is 5. The molecule has 340 valence electrons. The summed E-state index contributed by atoms with van der Waals surface area (Å²) in [5.74, 6) is -0.413. The summed E-state index contributed by atoms with van der Waals surface area (Å²) in [6.07, 6.45) is 58.6. The van der Waals surface area contributed by atoms with E-state index in [1.807, 2.05) is 0 Å². The average Bonchev–Trinajstić information content (AvgIpc) is 3.22. The summed E-state index contributed by atoms with van der Waals surface area (Å²) in [7, 11) is 0. The van der Waals surface area contributed by atoms with Crippen LogP contribution in [0.3, 0.4) is 0 Å². The van der Waals surface area contributed by atoms with E-state index in [0.29, 0.717) is 19.4 Å². The number of ether oxygens (including phenoxy) is 3. The van der Waals surface area contributed by atoms with Crippen LogP contribution in [0.2, 0.25) is 0 Å². The van der Waals surface area contributed by atoms with Crippen molar-refractivity contribution in [1.82, 2.24) is 0 Å². The molecule has 0 spiro atoms. The molecule has 0 saturated heterocycles. The normalized spacial score (nSPS) is 12.4. The summed E-state index contributed by atoms with van der Waals surface area (Å²) in [4.78, 5) is 25.3. The van der Waals surface area contributed by atoms with Crippen molar-refractivity contribution in [2.24, 2.45) is 0 Å². The minimum atomic E-state index is -0.540. The molecule has 58 heavy (non-hydrogen) atoms. The molecular weight excluding hydrogens is 717 g/mol. The smallest absolute Gasteiger partial charge is 0.306 e. The van der Waals surface area contributed by atoms with Crippen LogP contribution in [0.4, 0.5) is 0 Å². The zero-order valence-corrected chi connectivity index (χ0v) is 39.1. The zero-order valence-electron chi connectivity index (χ0n) is 39.1. The Morgan fingerprint density at radius 2 is 0.741 bits per heavy atom. The van der Waals surface area contributed by atoms with Crippen LogP contribution < -0.4 is 0 Å². The summed E-state index contributed by atoms with van der Waals surface area (Å²) in [5.41, 5.74) is 0. The Labute approximate surface area is 361 Å². The van der Waals surface area contributed by atoms with Gasteiger partial charge in [-0.05, 0) is 70.6 Å². The zero-order chi connectivity index (χ0) is 42.1. The highest BCUT2D eigenvalue weighted by atomic mass is 16.6. The van der Waals surface area contributed by atoms with Gasteiger partial charge in [-0.15, -0.1) is 0 Å². The molecule has 0 aromatic heterocycles. The van der Waals surface area contributed by atoms with Crippen molar-refractivity contribution in [3.05, 3.63) is 36.5 Å². The second-order valence-electron chi connectivity index (χ2n) is 17.1. The third kappa shape index (κ3) is 46.8. The minimum absolute atomic E-state index is 0.0789. The van der Waals surface area contributed by atoms with Gasteiger partial charge >= 0.3 is 11.9 Å². The van der Waals surface area contributed by atoms with Gasteiger partial charge in [0.15, 0.2) is 6.10 Å². The van der Waals surface area contributed by atoms with Gasteiger partial charge in [-0.1, -0.05) is 218 Å². The highest BCUT2D eigenvalue weighted by Gasteiger charge is 2.17. The SMILES string of the molecule is CCCC/C=C\CCCCCCCC(=O)O[C@H](COCCCCCCCCCCCCCCCCCC)COC(=O)CCCCCCC/C=C\C/C=C\CCCCC. The van der Waals surface area contributed by atoms with E-state index in [1.165, 1.54) is 167 Å². The molecule has 0 aliphatic carbocycles. The Balaban J connectivity index is 4.23. The molecule has 0 heterocycles. The van der Waals surface area contributed by atoms with Crippen molar-refractivity contribution in [2.75, 3.05) is 19.8 Å². The molecule has 0 amide bonds. The van der Waals surface area contributed by atoms with Crippen LogP contribution in [0.15, 0.2) is 36.5 Å². The first-order chi connectivity index (χ1) is 28.6. The van der Waals surface area contributed by atoms with E-state index in [0.717, 1.165) is 64.2 Å². The van der Waals surface area contributed by atoms with E-state index in [1.54, 1.807) is 0 Å². The summed E-state index contributed by atoms with van der Waals surface area (Å²) < 4.78 is 17.4. The summed E-state index contributed by atoms with van der Waals surface area (Å²) >= 11 is 0. The lowest BCUT2D eigenvalue weighted by Gasteiger charge is -2.18. The van der Waals surface area contributed by atoms with Gasteiger partial charge in [-0.2, -0.15) is 0 Å². The van der Waals surface area contributed by atoms with Crippen LogP contribution >= 0.6 is 0 Å². The maximum absolute atomic E-state index is 12.7. The number of carbonyl (C=O) groups is 2. The molecule has 5 heteroatoms. The summed E-state index contributed by atoms with van der Waals surface area (Å²) in [6, 6.07) is 0. The van der Waals surface area contributed by atoms with E-state index >= 15 is 0 Å². The number of esters is 2. The Bertz CT molecular complexity index is 924. The molecule has 1 atom stereocenters. The molecule has 0 bridgehead atoms. The molecule has 0 aromatic carbocycles. The maximum Gasteiger partial charge on any atom is 0.306 e. The first-order valence-electron chi connectivity index (χ1n) is 25.5. The molecular formula is C53H98O5. The maximum atomic E-state index is 12.7. The molecule has 0 aliphatic rings. The van der Waals surface area contributed by atoms with Crippen molar-refractivity contribution in [1.29, 1.82) is 0 Å². The highest BCUT2D eigenvalue weighted by Crippen LogP contribution is 2.15. The molecule has 0 N–H and O–H groups in total. The van der Waals surface area contributed by atoms with Gasteiger partial charge in [0.1, 0.15) is 6.61 Å². The lowest BCUT2D eigenvalue weighted by molar-refractivity contribution is -0.163. The first-order valence-corrected chi connectivity index (χ1v) is 25.5. The van der Waals surface area contributed by atoms with Gasteiger partial charge in [-0.25, -0.2) is 0 Å². The van der Waals surface area contributed by atoms with E-state index in [9.17, 15) is 9.59 Å². The van der Waals surface area contributed by atoms with Crippen LogP contribution in [0.1, 0.15) is 265 Å². The monoisotopic (exact) mass is 815 g/mol. The first kappa shape index (κ1) is 56.1. The molecule has 0 saturated carbocycles. The van der Waals surface area contributed by atoms with Crippen LogP contribution in [0.25, 0.3) is 0 Å². The Morgan fingerprint density at radius 1 is 0.379 bits per heavy atom. The average molecular weight is 815 g/mol. The standard InChI is InChI=1S/C53H98O5/c1-4-7-10-13-16-19-22-24-26-28-30-33-36-39-42-45-48-56-49-51(58-53(55)47-44-41-38-35-31-21-18-15-12-9-6-3)50-57-52(54)46-43-40-37-34-32-29-27-25-23-20-17-14-11-8-5-2/h15,17-18,20,25,27,51H,4-14,16,19,21-24,26,28-50H2,1-3H3/b18-15-,20-17-,27-25-/t51-/m1/s1. The minimum Gasteiger partial charge on any atom is -0.462 e. The van der Waals surface area contributed by atoms with Crippen molar-refractivity contribution in [2.45, 2.75) is 271 Å². The molecule has 0 aliphatic heterocycles. The molecule has 0 radical (unpaired) electrons. The molecule has 5 nitrogen and oxygen atoms in total. The molecule has 0 fully saturated rings. The Morgan fingerprint density at radius 3 is 1.24 bits per heavy atom. The van der Waals surface area contributed by atoms with E-state index in [2.05, 4.69) is 57.2 Å². The topological polar surface area (TPSA) is 61.8 Å². The van der Waals surface area contributed by atoms with Gasteiger partial charge in [0, 0.05) is 19.4 Å². The quantitative estimate of drug-likeness (QED) is 0.0348. The van der Waals surface area contributed by atoms with Crippen LogP contribution in [-0.2, 0) is 23.8 Å². The van der Waals surface area contributed by atoms with E-state index in [4.69, 9.17) is 14.2 Å². The molecule has 0 aromatic rings. The summed E-state index contributed by atoms with van der Waals surface area (Å²) in [6.45, 7) is 7.78. The predicted molar refractivity (Wildman–Crippen MR) is 252 cm³/mol. The lowest BCUT2D eigenvalue weighted by atomic mass is 10.0. The fourth-order valence-electron chi connectivity index (χ4n) is 7.29. The van der Waals surface area contributed by atoms with Crippen LogP contribution in [-0.4, -0.2) is 37.9 Å². The second-order valence-corrected chi connectivity index (χ2v) is 17.1.